The summed E-state index contributed by atoms with van der Waals surface area (Å²) in [6, 6.07) is 2.25. The van der Waals surface area contributed by atoms with Crippen molar-refractivity contribution in [1.29, 1.82) is 0 Å². The number of rotatable bonds is 2. The molecule has 2 aromatic heterocycles. The largest absolute Gasteiger partial charge is 0.336 e. The number of carbonyl (C=O) groups excluding carboxylic acids is 1. The van der Waals surface area contributed by atoms with E-state index in [1.165, 1.54) is 4.88 Å². The summed E-state index contributed by atoms with van der Waals surface area (Å²) < 4.78 is 1.99. The van der Waals surface area contributed by atoms with Crippen LogP contribution in [0, 0.1) is 27.7 Å². The summed E-state index contributed by atoms with van der Waals surface area (Å²) in [5, 5.41) is 4.49. The maximum Gasteiger partial charge on any atom is 0.255 e. The van der Waals surface area contributed by atoms with Gasteiger partial charge in [-0.3, -0.25) is 4.79 Å². The maximum absolute atomic E-state index is 12.8. The van der Waals surface area contributed by atoms with Gasteiger partial charge in [-0.05, 0) is 46.6 Å². The molecule has 0 bridgehead atoms. The maximum atomic E-state index is 12.8. The quantitative estimate of drug-likeness (QED) is 0.855. The standard InChI is InChI=1S/C16H22N4OS/c1-10-8-15(11(2)22-10)16(21)19-7-5-6-14(9-19)20-13(4)17-12(3)18-20/h8,14H,5-7,9H2,1-4H3. The molecule has 0 spiro atoms. The Labute approximate surface area is 135 Å². The molecule has 0 aliphatic carbocycles. The summed E-state index contributed by atoms with van der Waals surface area (Å²) in [4.78, 5) is 21.4. The first-order valence-corrected chi connectivity index (χ1v) is 8.53. The van der Waals surface area contributed by atoms with Crippen molar-refractivity contribution in [2.75, 3.05) is 13.1 Å². The average molecular weight is 318 g/mol. The molecular weight excluding hydrogens is 296 g/mol. The Morgan fingerprint density at radius 3 is 2.68 bits per heavy atom. The van der Waals surface area contributed by atoms with E-state index in [1.807, 2.05) is 36.4 Å². The second-order valence-corrected chi connectivity index (χ2v) is 7.49. The van der Waals surface area contributed by atoms with Crippen LogP contribution in [0.25, 0.3) is 0 Å². The molecule has 118 valence electrons. The van der Waals surface area contributed by atoms with E-state index in [4.69, 9.17) is 0 Å². The van der Waals surface area contributed by atoms with Gasteiger partial charge in [-0.25, -0.2) is 9.67 Å². The number of thiophene rings is 1. The van der Waals surface area contributed by atoms with E-state index in [2.05, 4.69) is 17.0 Å². The molecule has 3 rings (SSSR count). The minimum Gasteiger partial charge on any atom is -0.336 e. The van der Waals surface area contributed by atoms with Gasteiger partial charge in [0.1, 0.15) is 11.6 Å². The Kier molecular flexibility index (Phi) is 4.04. The number of aryl methyl sites for hydroxylation is 4. The van der Waals surface area contributed by atoms with Gasteiger partial charge in [0.15, 0.2) is 0 Å². The lowest BCUT2D eigenvalue weighted by Crippen LogP contribution is -2.41. The fraction of sp³-hybridized carbons (Fsp3) is 0.562. The Morgan fingerprint density at radius 2 is 2.09 bits per heavy atom. The van der Waals surface area contributed by atoms with Crippen LogP contribution >= 0.6 is 11.3 Å². The molecule has 1 amide bonds. The monoisotopic (exact) mass is 318 g/mol. The van der Waals surface area contributed by atoms with Crippen LogP contribution in [-0.2, 0) is 0 Å². The van der Waals surface area contributed by atoms with Crippen molar-refractivity contribution in [3.63, 3.8) is 0 Å². The minimum absolute atomic E-state index is 0.154. The van der Waals surface area contributed by atoms with E-state index in [-0.39, 0.29) is 11.9 Å². The summed E-state index contributed by atoms with van der Waals surface area (Å²) in [6.07, 6.45) is 2.06. The number of carbonyl (C=O) groups is 1. The van der Waals surface area contributed by atoms with Crippen LogP contribution in [0.3, 0.4) is 0 Å². The molecule has 1 saturated heterocycles. The van der Waals surface area contributed by atoms with Gasteiger partial charge in [0.05, 0.1) is 11.6 Å². The van der Waals surface area contributed by atoms with E-state index in [9.17, 15) is 4.79 Å². The first-order valence-electron chi connectivity index (χ1n) is 7.71. The topological polar surface area (TPSA) is 51.0 Å². The average Bonchev–Trinajstić information content (AvgIpc) is 2.99. The van der Waals surface area contributed by atoms with E-state index in [0.717, 1.165) is 48.0 Å². The van der Waals surface area contributed by atoms with Crippen LogP contribution < -0.4 is 0 Å². The number of likely N-dealkylation sites (tertiary alicyclic amines) is 1. The third-order valence-corrected chi connectivity index (χ3v) is 5.17. The molecule has 5 nitrogen and oxygen atoms in total. The van der Waals surface area contributed by atoms with Gasteiger partial charge in [-0.15, -0.1) is 11.3 Å². The molecular formula is C16H22N4OS. The van der Waals surface area contributed by atoms with Crippen LogP contribution in [0.1, 0.15) is 50.6 Å². The molecule has 0 saturated carbocycles. The zero-order valence-corrected chi connectivity index (χ0v) is 14.4. The van der Waals surface area contributed by atoms with Crippen LogP contribution in [-0.4, -0.2) is 38.7 Å². The Bertz CT molecular complexity index is 703. The number of hydrogen-bond donors (Lipinski definition) is 0. The highest BCUT2D eigenvalue weighted by Gasteiger charge is 2.28. The third kappa shape index (κ3) is 2.79. The number of piperidine rings is 1. The van der Waals surface area contributed by atoms with Crippen LogP contribution in [0.2, 0.25) is 0 Å². The number of hydrogen-bond acceptors (Lipinski definition) is 4. The lowest BCUT2D eigenvalue weighted by atomic mass is 10.0. The van der Waals surface area contributed by atoms with E-state index in [1.54, 1.807) is 11.3 Å². The second-order valence-electron chi connectivity index (χ2n) is 6.02. The van der Waals surface area contributed by atoms with Gasteiger partial charge in [0.25, 0.3) is 5.91 Å². The Hall–Kier alpha value is -1.69. The third-order valence-electron chi connectivity index (χ3n) is 4.21. The zero-order chi connectivity index (χ0) is 15.9. The summed E-state index contributed by atoms with van der Waals surface area (Å²) in [5.74, 6) is 1.88. The number of nitrogens with zero attached hydrogens (tertiary/aromatic N) is 4. The molecule has 2 aromatic rings. The predicted octanol–water partition coefficient (Wildman–Crippen LogP) is 3.05. The fourth-order valence-corrected chi connectivity index (χ4v) is 4.15. The highest BCUT2D eigenvalue weighted by molar-refractivity contribution is 7.12. The van der Waals surface area contributed by atoms with Crippen LogP contribution in [0.5, 0.6) is 0 Å². The molecule has 0 radical (unpaired) electrons. The molecule has 1 unspecified atom stereocenters. The first kappa shape index (κ1) is 15.2. The molecule has 1 aliphatic heterocycles. The fourth-order valence-electron chi connectivity index (χ4n) is 3.23. The first-order chi connectivity index (χ1) is 10.5. The molecule has 1 atom stereocenters. The SMILES string of the molecule is Cc1nc(C)n(C2CCCN(C(=O)c3cc(C)sc3C)C2)n1. The lowest BCUT2D eigenvalue weighted by molar-refractivity contribution is 0.0671. The molecule has 3 heterocycles. The second kappa shape index (κ2) is 5.83. The highest BCUT2D eigenvalue weighted by Crippen LogP contribution is 2.26. The van der Waals surface area contributed by atoms with Crippen molar-refractivity contribution < 1.29 is 4.79 Å². The van der Waals surface area contributed by atoms with Gasteiger partial charge in [0.2, 0.25) is 0 Å². The molecule has 0 aromatic carbocycles. The van der Waals surface area contributed by atoms with Gasteiger partial charge in [-0.1, -0.05) is 0 Å². The molecule has 22 heavy (non-hydrogen) atoms. The summed E-state index contributed by atoms with van der Waals surface area (Å²) in [5.41, 5.74) is 0.856. The van der Waals surface area contributed by atoms with E-state index in [0.29, 0.717) is 0 Å². The van der Waals surface area contributed by atoms with Crippen molar-refractivity contribution >= 4 is 17.2 Å². The molecule has 1 fully saturated rings. The molecule has 0 N–H and O–H groups in total. The van der Waals surface area contributed by atoms with Gasteiger partial charge in [0, 0.05) is 22.8 Å². The summed E-state index contributed by atoms with van der Waals surface area (Å²) >= 11 is 1.69. The highest BCUT2D eigenvalue weighted by atomic mass is 32.1. The minimum atomic E-state index is 0.154. The van der Waals surface area contributed by atoms with E-state index < -0.39 is 0 Å². The van der Waals surface area contributed by atoms with Crippen molar-refractivity contribution in [3.8, 4) is 0 Å². The molecule has 6 heteroatoms. The van der Waals surface area contributed by atoms with Crippen molar-refractivity contribution in [2.45, 2.75) is 46.6 Å². The van der Waals surface area contributed by atoms with Crippen molar-refractivity contribution in [3.05, 3.63) is 33.0 Å². The van der Waals surface area contributed by atoms with Gasteiger partial charge in [-0.2, -0.15) is 5.10 Å². The van der Waals surface area contributed by atoms with E-state index >= 15 is 0 Å². The van der Waals surface area contributed by atoms with Gasteiger partial charge >= 0.3 is 0 Å². The van der Waals surface area contributed by atoms with Crippen LogP contribution in [0.4, 0.5) is 0 Å². The Balaban J connectivity index is 1.80. The normalized spacial score (nSPS) is 18.7. The van der Waals surface area contributed by atoms with Crippen LogP contribution in [0.15, 0.2) is 6.07 Å². The molecule has 1 aliphatic rings. The summed E-state index contributed by atoms with van der Waals surface area (Å²) in [7, 11) is 0. The summed E-state index contributed by atoms with van der Waals surface area (Å²) in [6.45, 7) is 9.51. The lowest BCUT2D eigenvalue weighted by Gasteiger charge is -2.33. The predicted molar refractivity (Wildman–Crippen MR) is 87.5 cm³/mol. The van der Waals surface area contributed by atoms with Gasteiger partial charge < -0.3 is 4.90 Å². The van der Waals surface area contributed by atoms with Crippen molar-refractivity contribution in [1.82, 2.24) is 19.7 Å². The van der Waals surface area contributed by atoms with Crippen molar-refractivity contribution in [2.24, 2.45) is 0 Å². The number of aromatic nitrogens is 3. The zero-order valence-electron chi connectivity index (χ0n) is 13.6. The number of amides is 1. The smallest absolute Gasteiger partial charge is 0.255 e. The Morgan fingerprint density at radius 1 is 1.32 bits per heavy atom.